The molecule has 0 radical (unpaired) electrons. The highest BCUT2D eigenvalue weighted by Gasteiger charge is 2.56. The second-order valence-electron chi connectivity index (χ2n) is 5.88. The second kappa shape index (κ2) is 5.33. The third-order valence-electron chi connectivity index (χ3n) is 3.96. The first-order valence-electron chi connectivity index (χ1n) is 6.64. The van der Waals surface area contributed by atoms with Crippen LogP contribution in [0.3, 0.4) is 0 Å². The average molecular weight is 314 g/mol. The lowest BCUT2D eigenvalue weighted by Crippen LogP contribution is -2.51. The highest BCUT2D eigenvalue weighted by atomic mass is 32.2. The number of thiophene rings is 1. The fourth-order valence-electron chi connectivity index (χ4n) is 2.18. The number of carbonyl (C=O) groups is 1. The molecule has 1 aromatic rings. The van der Waals surface area contributed by atoms with Gasteiger partial charge < -0.3 is 10.0 Å². The Morgan fingerprint density at radius 3 is 2.65 bits per heavy atom. The molecule has 0 bridgehead atoms. The van der Waals surface area contributed by atoms with E-state index in [0.29, 0.717) is 0 Å². The van der Waals surface area contributed by atoms with Crippen molar-refractivity contribution in [2.75, 3.05) is 7.05 Å². The topological polar surface area (TPSA) is 52.6 Å². The Bertz CT molecular complexity index is 484. The van der Waals surface area contributed by atoms with Crippen LogP contribution in [-0.2, 0) is 4.79 Å². The molecule has 6 heteroatoms. The van der Waals surface area contributed by atoms with Gasteiger partial charge in [0.25, 0.3) is 0 Å². The zero-order valence-corrected chi connectivity index (χ0v) is 14.1. The van der Waals surface area contributed by atoms with Gasteiger partial charge >= 0.3 is 0 Å². The van der Waals surface area contributed by atoms with Crippen LogP contribution in [-0.4, -0.2) is 38.8 Å². The summed E-state index contributed by atoms with van der Waals surface area (Å²) < 4.78 is -0.825. The Morgan fingerprint density at radius 1 is 1.55 bits per heavy atom. The van der Waals surface area contributed by atoms with Crippen molar-refractivity contribution < 1.29 is 9.90 Å². The number of nitrogens with one attached hydrogen (secondary N) is 1. The van der Waals surface area contributed by atoms with Crippen LogP contribution in [0.2, 0.25) is 0 Å². The number of thioether (sulfide) groups is 1. The van der Waals surface area contributed by atoms with E-state index in [2.05, 4.69) is 18.3 Å². The molecule has 20 heavy (non-hydrogen) atoms. The van der Waals surface area contributed by atoms with E-state index >= 15 is 0 Å². The Morgan fingerprint density at radius 2 is 2.20 bits per heavy atom. The Hall–Kier alpha value is -0.560. The summed E-state index contributed by atoms with van der Waals surface area (Å²) >= 11 is 3.18. The Balaban J connectivity index is 2.13. The van der Waals surface area contributed by atoms with Gasteiger partial charge in [0.2, 0.25) is 5.91 Å². The molecular formula is C14H22N2O2S2. The van der Waals surface area contributed by atoms with Gasteiger partial charge in [-0.05, 0) is 39.1 Å². The number of amides is 1. The van der Waals surface area contributed by atoms with Crippen LogP contribution in [0.5, 0.6) is 0 Å². The van der Waals surface area contributed by atoms with E-state index < -0.39 is 10.3 Å². The number of nitrogens with zero attached hydrogens (tertiary/aromatic N) is 1. The van der Waals surface area contributed by atoms with E-state index in [9.17, 15) is 9.90 Å². The van der Waals surface area contributed by atoms with Gasteiger partial charge in [-0.2, -0.15) is 0 Å². The van der Waals surface area contributed by atoms with Gasteiger partial charge in [0, 0.05) is 18.0 Å². The summed E-state index contributed by atoms with van der Waals surface area (Å²) in [7, 11) is 1.78. The molecule has 1 amide bonds. The smallest absolute Gasteiger partial charge is 0.243 e. The van der Waals surface area contributed by atoms with Crippen LogP contribution >= 0.6 is 23.1 Å². The van der Waals surface area contributed by atoms with E-state index in [-0.39, 0.29) is 17.4 Å². The molecule has 0 aromatic carbocycles. The van der Waals surface area contributed by atoms with Crippen molar-refractivity contribution in [3.8, 4) is 0 Å². The van der Waals surface area contributed by atoms with Crippen LogP contribution in [0.25, 0.3) is 0 Å². The number of aliphatic hydroxyl groups is 1. The van der Waals surface area contributed by atoms with Crippen molar-refractivity contribution in [1.29, 1.82) is 0 Å². The van der Waals surface area contributed by atoms with Crippen LogP contribution in [0, 0.1) is 0 Å². The van der Waals surface area contributed by atoms with Gasteiger partial charge in [0.15, 0.2) is 0 Å². The first kappa shape index (κ1) is 15.8. The molecule has 4 nitrogen and oxygen atoms in total. The van der Waals surface area contributed by atoms with E-state index in [1.807, 2.05) is 18.4 Å². The molecule has 1 saturated heterocycles. The molecule has 0 spiro atoms. The summed E-state index contributed by atoms with van der Waals surface area (Å²) in [4.78, 5) is 15.4. The highest BCUT2D eigenvalue weighted by Crippen LogP contribution is 2.46. The van der Waals surface area contributed by atoms with Crippen molar-refractivity contribution in [3.63, 3.8) is 0 Å². The summed E-state index contributed by atoms with van der Waals surface area (Å²) in [6.07, 6.45) is 0. The fourth-order valence-corrected chi connectivity index (χ4v) is 4.43. The van der Waals surface area contributed by atoms with Gasteiger partial charge in [0.1, 0.15) is 10.2 Å². The minimum absolute atomic E-state index is 0.0362. The molecule has 1 aliphatic rings. The van der Waals surface area contributed by atoms with E-state index in [0.717, 1.165) is 0 Å². The summed E-state index contributed by atoms with van der Waals surface area (Å²) in [5.74, 6) is -0.0362. The molecule has 2 unspecified atom stereocenters. The van der Waals surface area contributed by atoms with Gasteiger partial charge in [-0.25, -0.2) is 0 Å². The van der Waals surface area contributed by atoms with Crippen molar-refractivity contribution >= 4 is 29.0 Å². The zero-order valence-electron chi connectivity index (χ0n) is 12.5. The number of rotatable bonds is 4. The molecule has 1 aromatic heterocycles. The van der Waals surface area contributed by atoms with Gasteiger partial charge in [-0.15, -0.1) is 23.1 Å². The maximum atomic E-state index is 12.5. The summed E-state index contributed by atoms with van der Waals surface area (Å²) in [5.41, 5.74) is -1.19. The predicted octanol–water partition coefficient (Wildman–Crippen LogP) is 2.42. The van der Waals surface area contributed by atoms with Crippen LogP contribution < -0.4 is 5.32 Å². The minimum Gasteiger partial charge on any atom is -0.388 e. The quantitative estimate of drug-likeness (QED) is 0.896. The molecule has 1 aliphatic heterocycles. The lowest BCUT2D eigenvalue weighted by Gasteiger charge is -2.33. The molecular weight excluding hydrogens is 292 g/mol. The Kier molecular flexibility index (Phi) is 4.22. The largest absolute Gasteiger partial charge is 0.388 e. The van der Waals surface area contributed by atoms with Crippen LogP contribution in [0.1, 0.15) is 38.6 Å². The molecule has 2 heterocycles. The number of hydrogen-bond acceptors (Lipinski definition) is 5. The van der Waals surface area contributed by atoms with Crippen molar-refractivity contribution in [3.05, 3.63) is 22.4 Å². The van der Waals surface area contributed by atoms with Crippen LogP contribution in [0.15, 0.2) is 17.5 Å². The SMILES string of the molecule is C[C@H](NC1SC(C)(C(C)(C)O)C(=O)N1C)c1cccs1. The third-order valence-corrected chi connectivity index (χ3v) is 6.83. The second-order valence-corrected chi connectivity index (χ2v) is 8.36. The first-order chi connectivity index (χ1) is 9.17. The minimum atomic E-state index is -1.06. The lowest BCUT2D eigenvalue weighted by atomic mass is 9.91. The van der Waals surface area contributed by atoms with Crippen LogP contribution in [0.4, 0.5) is 0 Å². The number of carbonyl (C=O) groups excluding carboxylic acids is 1. The molecule has 0 aliphatic carbocycles. The molecule has 112 valence electrons. The van der Waals surface area contributed by atoms with E-state index in [4.69, 9.17) is 0 Å². The molecule has 2 N–H and O–H groups in total. The molecule has 3 atom stereocenters. The van der Waals surface area contributed by atoms with Crippen molar-refractivity contribution in [2.24, 2.45) is 0 Å². The maximum absolute atomic E-state index is 12.5. The first-order valence-corrected chi connectivity index (χ1v) is 8.39. The summed E-state index contributed by atoms with van der Waals surface area (Å²) in [6, 6.07) is 4.28. The standard InChI is InChI=1S/C14H22N2O2S2/c1-9(10-7-6-8-19-10)15-12-16(5)11(17)14(4,20-12)13(2,3)18/h6-9,12,15,18H,1-5H3/t9-,12?,14?/m0/s1. The van der Waals surface area contributed by atoms with E-state index in [1.54, 1.807) is 37.1 Å². The monoisotopic (exact) mass is 314 g/mol. The zero-order chi connectivity index (χ0) is 15.1. The van der Waals surface area contributed by atoms with Gasteiger partial charge in [0.05, 0.1) is 5.60 Å². The normalized spacial score (nSPS) is 29.0. The van der Waals surface area contributed by atoms with E-state index in [1.165, 1.54) is 16.6 Å². The summed E-state index contributed by atoms with van der Waals surface area (Å²) in [6.45, 7) is 7.28. The molecule has 1 fully saturated rings. The third kappa shape index (κ3) is 2.62. The highest BCUT2D eigenvalue weighted by molar-refractivity contribution is 8.02. The average Bonchev–Trinajstić information content (AvgIpc) is 2.94. The predicted molar refractivity (Wildman–Crippen MR) is 84.7 cm³/mol. The molecule has 0 saturated carbocycles. The fraction of sp³-hybridized carbons (Fsp3) is 0.643. The lowest BCUT2D eigenvalue weighted by molar-refractivity contribution is -0.136. The molecule has 2 rings (SSSR count). The van der Waals surface area contributed by atoms with Gasteiger partial charge in [-0.3, -0.25) is 10.1 Å². The Labute approximate surface area is 128 Å². The summed E-state index contributed by atoms with van der Waals surface area (Å²) in [5, 5.41) is 15.8. The number of hydrogen-bond donors (Lipinski definition) is 2. The van der Waals surface area contributed by atoms with Crippen molar-refractivity contribution in [2.45, 2.75) is 49.6 Å². The van der Waals surface area contributed by atoms with Gasteiger partial charge in [-0.1, -0.05) is 6.07 Å². The van der Waals surface area contributed by atoms with Crippen molar-refractivity contribution in [1.82, 2.24) is 10.2 Å². The maximum Gasteiger partial charge on any atom is 0.243 e.